The minimum absolute atomic E-state index is 0.00993. The molecule has 0 aliphatic heterocycles. The van der Waals surface area contributed by atoms with Crippen molar-refractivity contribution in [3.8, 4) is 0 Å². The SMILES string of the molecule is CCCCCCCCOC(=O)C(CC(=O)OCCOCCOCCOCCOCCOCCOCCOCCOCCOCCOCCOCCOCCOCCO)S(=O)(=O)O. The third-order valence-corrected chi connectivity index (χ3v) is 8.99. The number of aliphatic hydroxyl groups is 1. The van der Waals surface area contributed by atoms with Gasteiger partial charge in [0.05, 0.1) is 191 Å². The summed E-state index contributed by atoms with van der Waals surface area (Å²) in [5.74, 6) is -2.16. The molecule has 22 heteroatoms. The quantitative estimate of drug-likeness (QED) is 0.0496. The molecule has 1 atom stereocenters. The summed E-state index contributed by atoms with van der Waals surface area (Å²) in [6.07, 6.45) is 4.82. The molecule has 0 saturated heterocycles. The summed E-state index contributed by atoms with van der Waals surface area (Å²) in [5, 5.41) is 6.56. The largest absolute Gasteiger partial charge is 0.465 e. The molecule has 0 amide bonds. The lowest BCUT2D eigenvalue weighted by molar-refractivity contribution is -0.151. The lowest BCUT2D eigenvalue weighted by Gasteiger charge is -2.13. The normalized spacial score (nSPS) is 12.2. The molecule has 0 spiro atoms. The maximum absolute atomic E-state index is 12.2. The lowest BCUT2D eigenvalue weighted by atomic mass is 10.1. The first kappa shape index (κ1) is 60.3. The summed E-state index contributed by atoms with van der Waals surface area (Å²) in [6, 6.07) is 0. The van der Waals surface area contributed by atoms with Crippen LogP contribution in [-0.4, -0.2) is 227 Å². The average molecular weight is 927 g/mol. The van der Waals surface area contributed by atoms with Gasteiger partial charge in [0.15, 0.2) is 5.25 Å². The number of hydrogen-bond acceptors (Lipinski definition) is 20. The minimum Gasteiger partial charge on any atom is -0.465 e. The monoisotopic (exact) mass is 926 g/mol. The number of carbonyl (C=O) groups is 2. The molecular formula is C40H78O21S. The first-order valence-corrected chi connectivity index (χ1v) is 23.2. The highest BCUT2D eigenvalue weighted by Gasteiger charge is 2.35. The Morgan fingerprint density at radius 1 is 0.387 bits per heavy atom. The minimum atomic E-state index is -4.85. The summed E-state index contributed by atoms with van der Waals surface area (Å²) >= 11 is 0. The Hall–Kier alpha value is -1.71. The lowest BCUT2D eigenvalue weighted by Crippen LogP contribution is -2.34. The van der Waals surface area contributed by atoms with E-state index < -0.39 is 33.7 Å². The molecule has 1 unspecified atom stereocenters. The average Bonchev–Trinajstić information content (AvgIpc) is 3.25. The van der Waals surface area contributed by atoms with E-state index in [4.69, 9.17) is 76.2 Å². The van der Waals surface area contributed by atoms with Gasteiger partial charge in [0.2, 0.25) is 0 Å². The van der Waals surface area contributed by atoms with Gasteiger partial charge in [0.1, 0.15) is 6.61 Å². The molecule has 0 radical (unpaired) electrons. The molecule has 0 fully saturated rings. The zero-order chi connectivity index (χ0) is 45.3. The molecule has 21 nitrogen and oxygen atoms in total. The van der Waals surface area contributed by atoms with Crippen molar-refractivity contribution in [3.05, 3.63) is 0 Å². The van der Waals surface area contributed by atoms with Crippen LogP contribution in [-0.2, 0) is 90.8 Å². The zero-order valence-electron chi connectivity index (χ0n) is 37.1. The van der Waals surface area contributed by atoms with Crippen LogP contribution in [0.5, 0.6) is 0 Å². The second kappa shape index (κ2) is 48.7. The molecule has 0 heterocycles. The van der Waals surface area contributed by atoms with Crippen molar-refractivity contribution in [2.24, 2.45) is 0 Å². The molecular weight excluding hydrogens is 848 g/mol. The van der Waals surface area contributed by atoms with Gasteiger partial charge in [-0.1, -0.05) is 39.0 Å². The summed E-state index contributed by atoms with van der Waals surface area (Å²) in [6.45, 7) is 12.8. The summed E-state index contributed by atoms with van der Waals surface area (Å²) in [5.41, 5.74) is 0. The Labute approximate surface area is 368 Å². The van der Waals surface area contributed by atoms with E-state index in [1.165, 1.54) is 0 Å². The first-order chi connectivity index (χ1) is 30.3. The number of hydrogen-bond donors (Lipinski definition) is 2. The fourth-order valence-corrected chi connectivity index (χ4v) is 5.35. The Balaban J connectivity index is 3.35. The molecule has 0 bridgehead atoms. The number of unbranched alkanes of at least 4 members (excludes halogenated alkanes) is 5. The Morgan fingerprint density at radius 3 is 0.952 bits per heavy atom. The molecule has 2 N–H and O–H groups in total. The Morgan fingerprint density at radius 2 is 0.661 bits per heavy atom. The van der Waals surface area contributed by atoms with Crippen molar-refractivity contribution < 1.29 is 98.7 Å². The third kappa shape index (κ3) is 46.3. The first-order valence-electron chi connectivity index (χ1n) is 21.7. The third-order valence-electron chi connectivity index (χ3n) is 7.91. The van der Waals surface area contributed by atoms with E-state index in [0.29, 0.717) is 158 Å². The van der Waals surface area contributed by atoms with Crippen LogP contribution in [0.3, 0.4) is 0 Å². The number of ether oxygens (including phenoxy) is 15. The standard InChI is InChI=1S/C40H78O21S/c1-2-3-4-5-6-7-9-61-40(43)38(62(44,45)46)37-39(42)60-36-35-59-34-33-58-32-31-57-30-29-56-28-27-55-26-25-54-24-23-53-22-21-52-20-19-51-18-17-50-16-15-49-14-13-48-12-11-47-10-8-41/h38,41H,2-37H2,1H3,(H,44,45,46). The van der Waals surface area contributed by atoms with Crippen molar-refractivity contribution in [2.45, 2.75) is 57.1 Å². The van der Waals surface area contributed by atoms with E-state index in [9.17, 15) is 22.6 Å². The maximum Gasteiger partial charge on any atom is 0.327 e. The zero-order valence-corrected chi connectivity index (χ0v) is 37.9. The van der Waals surface area contributed by atoms with E-state index in [1.54, 1.807) is 0 Å². The fraction of sp³-hybridized carbons (Fsp3) is 0.950. The number of aliphatic hydroxyl groups excluding tert-OH is 1. The molecule has 0 aliphatic carbocycles. The van der Waals surface area contributed by atoms with Gasteiger partial charge in [-0.25, -0.2) is 0 Å². The van der Waals surface area contributed by atoms with Crippen LogP contribution in [0, 0.1) is 0 Å². The Bertz CT molecular complexity index is 1060. The number of rotatable bonds is 52. The van der Waals surface area contributed by atoms with Crippen LogP contribution in [0.1, 0.15) is 51.9 Å². The van der Waals surface area contributed by atoms with Crippen LogP contribution in [0.15, 0.2) is 0 Å². The van der Waals surface area contributed by atoms with E-state index in [0.717, 1.165) is 32.1 Å². The highest BCUT2D eigenvalue weighted by atomic mass is 32.2. The molecule has 0 rings (SSSR count). The maximum atomic E-state index is 12.2. The highest BCUT2D eigenvalue weighted by molar-refractivity contribution is 7.87. The van der Waals surface area contributed by atoms with E-state index in [2.05, 4.69) is 6.92 Å². The predicted molar refractivity (Wildman–Crippen MR) is 223 cm³/mol. The van der Waals surface area contributed by atoms with Gasteiger partial charge in [0.25, 0.3) is 10.1 Å². The fourth-order valence-electron chi connectivity index (χ4n) is 4.69. The van der Waals surface area contributed by atoms with Crippen molar-refractivity contribution in [2.75, 3.05) is 192 Å². The molecule has 0 aromatic carbocycles. The molecule has 0 saturated carbocycles. The van der Waals surface area contributed by atoms with Crippen LogP contribution >= 0.6 is 0 Å². The molecule has 0 aromatic rings. The van der Waals surface area contributed by atoms with Crippen molar-refractivity contribution in [1.82, 2.24) is 0 Å². The van der Waals surface area contributed by atoms with Gasteiger partial charge in [-0.15, -0.1) is 0 Å². The predicted octanol–water partition coefficient (Wildman–Crippen LogP) is 1.29. The smallest absolute Gasteiger partial charge is 0.327 e. The summed E-state index contributed by atoms with van der Waals surface area (Å²) in [7, 11) is -4.85. The summed E-state index contributed by atoms with van der Waals surface area (Å²) < 4.78 is 113. The van der Waals surface area contributed by atoms with Crippen molar-refractivity contribution in [1.29, 1.82) is 0 Å². The Kier molecular flexibility index (Phi) is 47.4. The van der Waals surface area contributed by atoms with Gasteiger partial charge in [0, 0.05) is 0 Å². The van der Waals surface area contributed by atoms with Crippen LogP contribution in [0.4, 0.5) is 0 Å². The van der Waals surface area contributed by atoms with E-state index in [1.807, 2.05) is 0 Å². The molecule has 0 aliphatic rings. The van der Waals surface area contributed by atoms with Crippen molar-refractivity contribution in [3.63, 3.8) is 0 Å². The molecule has 62 heavy (non-hydrogen) atoms. The number of carbonyl (C=O) groups excluding carboxylic acids is 2. The van der Waals surface area contributed by atoms with Gasteiger partial charge in [-0.3, -0.25) is 14.1 Å². The molecule has 370 valence electrons. The van der Waals surface area contributed by atoms with Crippen LogP contribution in [0.2, 0.25) is 0 Å². The van der Waals surface area contributed by atoms with Crippen LogP contribution < -0.4 is 0 Å². The van der Waals surface area contributed by atoms with Crippen LogP contribution in [0.25, 0.3) is 0 Å². The van der Waals surface area contributed by atoms with Crippen molar-refractivity contribution >= 4 is 22.1 Å². The van der Waals surface area contributed by atoms with Gasteiger partial charge < -0.3 is 76.2 Å². The second-order valence-electron chi connectivity index (χ2n) is 13.0. The highest BCUT2D eigenvalue weighted by Crippen LogP contribution is 2.10. The number of esters is 2. The second-order valence-corrected chi connectivity index (χ2v) is 14.6. The topological polar surface area (TPSA) is 247 Å². The van der Waals surface area contributed by atoms with Gasteiger partial charge in [-0.05, 0) is 6.42 Å². The summed E-state index contributed by atoms with van der Waals surface area (Å²) in [4.78, 5) is 24.2. The molecule has 0 aromatic heterocycles. The van der Waals surface area contributed by atoms with Gasteiger partial charge in [-0.2, -0.15) is 8.42 Å². The van der Waals surface area contributed by atoms with E-state index >= 15 is 0 Å². The van der Waals surface area contributed by atoms with E-state index in [-0.39, 0.29) is 39.6 Å². The van der Waals surface area contributed by atoms with Gasteiger partial charge >= 0.3 is 11.9 Å².